The molecule has 0 aliphatic heterocycles. The fourth-order valence-electron chi connectivity index (χ4n) is 1.93. The number of hydrogen-bond acceptors (Lipinski definition) is 3. The van der Waals surface area contributed by atoms with Crippen molar-refractivity contribution in [2.75, 3.05) is 0 Å². The lowest BCUT2D eigenvalue weighted by atomic mass is 10.0. The van der Waals surface area contributed by atoms with Gasteiger partial charge >= 0.3 is 0 Å². The van der Waals surface area contributed by atoms with Crippen molar-refractivity contribution in [2.45, 2.75) is 31.8 Å². The average molecular weight is 293 g/mol. The van der Waals surface area contributed by atoms with Crippen LogP contribution in [0.5, 0.6) is 0 Å². The van der Waals surface area contributed by atoms with Crippen LogP contribution < -0.4 is 0 Å². The number of aromatic nitrogens is 1. The van der Waals surface area contributed by atoms with Crippen molar-refractivity contribution < 1.29 is 13.5 Å². The van der Waals surface area contributed by atoms with E-state index in [0.717, 1.165) is 9.54 Å². The van der Waals surface area contributed by atoms with Crippen LogP contribution in [0.15, 0.2) is 47.6 Å². The largest absolute Gasteiger partial charge is 0.388 e. The van der Waals surface area contributed by atoms with Gasteiger partial charge in [0, 0.05) is 12.4 Å². The summed E-state index contributed by atoms with van der Waals surface area (Å²) in [5, 5.41) is 9.98. The molecule has 1 aromatic carbocycles. The minimum Gasteiger partial charge on any atom is -0.388 e. The van der Waals surface area contributed by atoms with E-state index in [0.29, 0.717) is 5.56 Å². The zero-order chi connectivity index (χ0) is 14.9. The molecule has 0 fully saturated rings. The smallest absolute Gasteiger partial charge is 0.267 e. The van der Waals surface area contributed by atoms with E-state index in [2.05, 4.69) is 0 Å². The lowest BCUT2D eigenvalue weighted by Crippen LogP contribution is -2.11. The molecule has 2 rings (SSSR count). The third-order valence-electron chi connectivity index (χ3n) is 3.26. The summed E-state index contributed by atoms with van der Waals surface area (Å²) in [4.78, 5) is 0.240. The minimum atomic E-state index is -3.59. The third kappa shape index (κ3) is 2.78. The summed E-state index contributed by atoms with van der Waals surface area (Å²) >= 11 is 0. The molecule has 0 aliphatic carbocycles. The highest BCUT2D eigenvalue weighted by Gasteiger charge is 2.19. The molecule has 5 heteroatoms. The molecule has 1 atom stereocenters. The van der Waals surface area contributed by atoms with Crippen molar-refractivity contribution >= 4 is 10.0 Å². The van der Waals surface area contributed by atoms with Gasteiger partial charge in [-0.3, -0.25) is 0 Å². The first-order valence-corrected chi connectivity index (χ1v) is 7.94. The van der Waals surface area contributed by atoms with Gasteiger partial charge in [-0.15, -0.1) is 0 Å². The Kier molecular flexibility index (Phi) is 4.01. The lowest BCUT2D eigenvalue weighted by Gasteiger charge is -2.12. The highest BCUT2D eigenvalue weighted by atomic mass is 32.2. The molecule has 0 radical (unpaired) electrons. The zero-order valence-electron chi connectivity index (χ0n) is 11.8. The average Bonchev–Trinajstić information content (AvgIpc) is 2.88. The van der Waals surface area contributed by atoms with Crippen LogP contribution in [0.1, 0.15) is 31.1 Å². The van der Waals surface area contributed by atoms with E-state index in [4.69, 9.17) is 0 Å². The summed E-state index contributed by atoms with van der Waals surface area (Å²) in [5.74, 6) is 0.0351. The van der Waals surface area contributed by atoms with Gasteiger partial charge in [-0.1, -0.05) is 31.5 Å². The van der Waals surface area contributed by atoms with E-state index in [1.165, 1.54) is 12.4 Å². The van der Waals surface area contributed by atoms with Gasteiger partial charge in [0.15, 0.2) is 0 Å². The van der Waals surface area contributed by atoms with Crippen LogP contribution in [-0.2, 0) is 10.0 Å². The SMILES string of the molecule is Cc1ccc(S(=O)(=O)n2ccc(C(O)C(C)C)c2)cc1. The molecule has 108 valence electrons. The number of rotatable bonds is 4. The number of hydrogen-bond donors (Lipinski definition) is 1. The van der Waals surface area contributed by atoms with Crippen LogP contribution in [0.4, 0.5) is 0 Å². The summed E-state index contributed by atoms with van der Waals surface area (Å²) in [7, 11) is -3.59. The lowest BCUT2D eigenvalue weighted by molar-refractivity contribution is 0.127. The highest BCUT2D eigenvalue weighted by molar-refractivity contribution is 7.90. The summed E-state index contributed by atoms with van der Waals surface area (Å²) in [5.41, 5.74) is 1.61. The molecule has 1 heterocycles. The third-order valence-corrected chi connectivity index (χ3v) is 4.91. The fourth-order valence-corrected chi connectivity index (χ4v) is 3.14. The van der Waals surface area contributed by atoms with Crippen molar-refractivity contribution in [3.63, 3.8) is 0 Å². The first-order valence-electron chi connectivity index (χ1n) is 6.50. The second-order valence-electron chi connectivity index (χ2n) is 5.28. The van der Waals surface area contributed by atoms with E-state index >= 15 is 0 Å². The molecule has 0 spiro atoms. The maximum absolute atomic E-state index is 12.4. The van der Waals surface area contributed by atoms with Crippen molar-refractivity contribution in [2.24, 2.45) is 5.92 Å². The van der Waals surface area contributed by atoms with Gasteiger partial charge in [-0.2, -0.15) is 0 Å². The molecule has 2 aromatic rings. The van der Waals surface area contributed by atoms with Gasteiger partial charge < -0.3 is 5.11 Å². The maximum Gasteiger partial charge on any atom is 0.267 e. The highest BCUT2D eigenvalue weighted by Crippen LogP contribution is 2.23. The van der Waals surface area contributed by atoms with Crippen LogP contribution in [0.2, 0.25) is 0 Å². The molecule has 1 aromatic heterocycles. The standard InChI is InChI=1S/C15H19NO3S/c1-11(2)15(17)13-8-9-16(10-13)20(18,19)14-6-4-12(3)5-7-14/h4-11,15,17H,1-3H3. The van der Waals surface area contributed by atoms with E-state index in [1.807, 2.05) is 20.8 Å². The van der Waals surface area contributed by atoms with Crippen LogP contribution >= 0.6 is 0 Å². The number of benzene rings is 1. The van der Waals surface area contributed by atoms with Crippen molar-refractivity contribution in [1.82, 2.24) is 3.97 Å². The Hall–Kier alpha value is -1.59. The van der Waals surface area contributed by atoms with Crippen molar-refractivity contribution in [3.05, 3.63) is 53.9 Å². The van der Waals surface area contributed by atoms with E-state index in [9.17, 15) is 13.5 Å². The van der Waals surface area contributed by atoms with Gasteiger partial charge in [0.05, 0.1) is 11.0 Å². The number of nitrogens with zero attached hydrogens (tertiary/aromatic N) is 1. The minimum absolute atomic E-state index is 0.0351. The molecule has 0 saturated heterocycles. The Morgan fingerprint density at radius 1 is 1.10 bits per heavy atom. The second-order valence-corrected chi connectivity index (χ2v) is 7.12. The monoisotopic (exact) mass is 293 g/mol. The predicted molar refractivity (Wildman–Crippen MR) is 78.0 cm³/mol. The fraction of sp³-hybridized carbons (Fsp3) is 0.333. The Balaban J connectivity index is 2.38. The molecule has 1 N–H and O–H groups in total. The second kappa shape index (κ2) is 5.42. The first kappa shape index (κ1) is 14.8. The van der Waals surface area contributed by atoms with Gasteiger partial charge in [0.25, 0.3) is 10.0 Å². The van der Waals surface area contributed by atoms with E-state index < -0.39 is 16.1 Å². The van der Waals surface area contributed by atoms with Crippen LogP contribution in [0, 0.1) is 12.8 Å². The Labute approximate surface area is 119 Å². The van der Waals surface area contributed by atoms with E-state index in [1.54, 1.807) is 30.3 Å². The van der Waals surface area contributed by atoms with Gasteiger partial charge in [-0.05, 0) is 36.6 Å². The maximum atomic E-state index is 12.4. The number of aryl methyl sites for hydroxylation is 1. The molecule has 0 bridgehead atoms. The molecule has 0 amide bonds. The summed E-state index contributed by atoms with van der Waals surface area (Å²) in [6, 6.07) is 8.34. The van der Waals surface area contributed by atoms with Crippen LogP contribution in [0.3, 0.4) is 0 Å². The molecular weight excluding hydrogens is 274 g/mol. The molecule has 1 unspecified atom stereocenters. The summed E-state index contributed by atoms with van der Waals surface area (Å²) < 4.78 is 26.0. The Morgan fingerprint density at radius 3 is 2.25 bits per heavy atom. The van der Waals surface area contributed by atoms with Crippen molar-refractivity contribution in [3.8, 4) is 0 Å². The summed E-state index contributed by atoms with van der Waals surface area (Å²) in [6.07, 6.45) is 2.28. The predicted octanol–water partition coefficient (Wildman–Crippen LogP) is 2.72. The summed E-state index contributed by atoms with van der Waals surface area (Å²) in [6.45, 7) is 5.68. The number of aliphatic hydroxyl groups excluding tert-OH is 1. The molecule has 0 saturated carbocycles. The van der Waals surface area contributed by atoms with Gasteiger partial charge in [0.2, 0.25) is 0 Å². The van der Waals surface area contributed by atoms with Gasteiger partial charge in [0.1, 0.15) is 0 Å². The van der Waals surface area contributed by atoms with Gasteiger partial charge in [-0.25, -0.2) is 12.4 Å². The quantitative estimate of drug-likeness (QED) is 0.943. The zero-order valence-corrected chi connectivity index (χ0v) is 12.6. The van der Waals surface area contributed by atoms with Crippen molar-refractivity contribution in [1.29, 1.82) is 0 Å². The molecule has 0 aliphatic rings. The molecular formula is C15H19NO3S. The Morgan fingerprint density at radius 2 is 1.70 bits per heavy atom. The Bertz CT molecular complexity index is 684. The van der Waals surface area contributed by atoms with E-state index in [-0.39, 0.29) is 10.8 Å². The normalized spacial score (nSPS) is 13.7. The molecule has 20 heavy (non-hydrogen) atoms. The molecule has 4 nitrogen and oxygen atoms in total. The van der Waals surface area contributed by atoms with Crippen LogP contribution in [-0.4, -0.2) is 17.5 Å². The van der Waals surface area contributed by atoms with Crippen LogP contribution in [0.25, 0.3) is 0 Å². The topological polar surface area (TPSA) is 59.3 Å². The first-order chi connectivity index (χ1) is 9.32. The number of aliphatic hydroxyl groups is 1.